The van der Waals surface area contributed by atoms with Crippen molar-refractivity contribution in [3.63, 3.8) is 0 Å². The van der Waals surface area contributed by atoms with Crippen molar-refractivity contribution in [2.75, 3.05) is 13.7 Å². The van der Waals surface area contributed by atoms with Crippen LogP contribution in [0.4, 0.5) is 13.2 Å². The van der Waals surface area contributed by atoms with Gasteiger partial charge in [-0.3, -0.25) is 0 Å². The molecule has 0 unspecified atom stereocenters. The Morgan fingerprint density at radius 3 is 2.43 bits per heavy atom. The summed E-state index contributed by atoms with van der Waals surface area (Å²) in [5.74, 6) is -1.92. The summed E-state index contributed by atoms with van der Waals surface area (Å²) in [7, 11) is -3.42. The van der Waals surface area contributed by atoms with E-state index in [1.807, 2.05) is 0 Å². The molecule has 0 saturated carbocycles. The van der Waals surface area contributed by atoms with E-state index in [4.69, 9.17) is 5.11 Å². The first-order chi connectivity index (χ1) is 9.50. The topological polar surface area (TPSA) is 87.1 Å². The highest BCUT2D eigenvalue weighted by molar-refractivity contribution is 7.89. The van der Waals surface area contributed by atoms with Gasteiger partial charge in [0.1, 0.15) is 5.75 Å². The molecule has 0 heterocycles. The molecule has 1 atom stereocenters. The average molecular weight is 329 g/mol. The monoisotopic (exact) mass is 329 g/mol. The highest BCUT2D eigenvalue weighted by atomic mass is 32.2. The minimum Gasteiger partial charge on any atom is -0.506 e. The van der Waals surface area contributed by atoms with Crippen molar-refractivity contribution in [1.29, 1.82) is 0 Å². The maximum Gasteiger partial charge on any atom is 0.573 e. The molecule has 0 aliphatic heterocycles. The van der Waals surface area contributed by atoms with Crippen LogP contribution < -0.4 is 4.74 Å². The predicted molar refractivity (Wildman–Crippen MR) is 66.3 cm³/mol. The van der Waals surface area contributed by atoms with Crippen molar-refractivity contribution in [3.8, 4) is 11.5 Å². The van der Waals surface area contributed by atoms with Crippen LogP contribution in [0, 0.1) is 0 Å². The summed E-state index contributed by atoms with van der Waals surface area (Å²) < 4.78 is 65.8. The number of ether oxygens (including phenoxy) is 1. The van der Waals surface area contributed by atoms with Crippen LogP contribution in [-0.4, -0.2) is 49.0 Å². The number of hydrogen-bond donors (Lipinski definition) is 2. The SMILES string of the molecule is C[C@H](CO)N(C)S(=O)(=O)c1c(O)cccc1OC(F)(F)F. The van der Waals surface area contributed by atoms with E-state index in [0.29, 0.717) is 4.31 Å². The Bertz CT molecular complexity index is 602. The summed E-state index contributed by atoms with van der Waals surface area (Å²) in [6.07, 6.45) is -5.11. The standard InChI is InChI=1S/C11H14F3NO5S/c1-7(6-16)15(2)21(18,19)10-8(17)4-3-5-9(10)20-11(12,13)14/h3-5,7,16-17H,6H2,1-2H3/t7-/m1/s1. The molecule has 6 nitrogen and oxygen atoms in total. The summed E-state index contributed by atoms with van der Waals surface area (Å²) in [6.45, 7) is 0.806. The lowest BCUT2D eigenvalue weighted by atomic mass is 10.3. The maximum atomic E-state index is 12.3. The van der Waals surface area contributed by atoms with E-state index in [1.165, 1.54) is 6.92 Å². The number of aliphatic hydroxyl groups excluding tert-OH is 1. The Balaban J connectivity index is 3.41. The lowest BCUT2D eigenvalue weighted by Gasteiger charge is -2.24. The van der Waals surface area contributed by atoms with Crippen molar-refractivity contribution in [2.24, 2.45) is 0 Å². The number of halogens is 3. The molecular weight excluding hydrogens is 315 g/mol. The number of nitrogens with zero attached hydrogens (tertiary/aromatic N) is 1. The normalized spacial score (nSPS) is 14.2. The average Bonchev–Trinajstić information content (AvgIpc) is 2.34. The number of aromatic hydroxyl groups is 1. The minimum atomic E-state index is -5.11. The highest BCUT2D eigenvalue weighted by Crippen LogP contribution is 2.37. The number of hydrogen-bond acceptors (Lipinski definition) is 5. The van der Waals surface area contributed by atoms with Crippen LogP contribution in [0.2, 0.25) is 0 Å². The third-order valence-electron chi connectivity index (χ3n) is 2.71. The van der Waals surface area contributed by atoms with Gasteiger partial charge in [-0.15, -0.1) is 13.2 Å². The number of aliphatic hydroxyl groups is 1. The number of phenols is 1. The first kappa shape index (κ1) is 17.5. The zero-order valence-electron chi connectivity index (χ0n) is 11.1. The Hall–Kier alpha value is -1.52. The molecule has 0 saturated heterocycles. The van der Waals surface area contributed by atoms with Gasteiger partial charge in [0.05, 0.1) is 6.61 Å². The van der Waals surface area contributed by atoms with E-state index >= 15 is 0 Å². The quantitative estimate of drug-likeness (QED) is 0.850. The molecular formula is C11H14F3NO5S. The Morgan fingerprint density at radius 2 is 1.95 bits per heavy atom. The van der Waals surface area contributed by atoms with Crippen LogP contribution in [0.15, 0.2) is 23.1 Å². The van der Waals surface area contributed by atoms with Crippen LogP contribution in [0.3, 0.4) is 0 Å². The van der Waals surface area contributed by atoms with Gasteiger partial charge in [0.25, 0.3) is 10.0 Å². The van der Waals surface area contributed by atoms with Gasteiger partial charge in [-0.25, -0.2) is 8.42 Å². The molecule has 21 heavy (non-hydrogen) atoms. The van der Waals surface area contributed by atoms with Gasteiger partial charge >= 0.3 is 6.36 Å². The summed E-state index contributed by atoms with van der Waals surface area (Å²) in [6, 6.07) is 1.82. The van der Waals surface area contributed by atoms with E-state index < -0.39 is 45.4 Å². The van der Waals surface area contributed by atoms with Crippen LogP contribution >= 0.6 is 0 Å². The summed E-state index contributed by atoms with van der Waals surface area (Å²) in [4.78, 5) is -1.01. The first-order valence-corrected chi connectivity index (χ1v) is 7.11. The smallest absolute Gasteiger partial charge is 0.506 e. The molecule has 1 rings (SSSR count). The lowest BCUT2D eigenvalue weighted by Crippen LogP contribution is -2.37. The molecule has 0 fully saturated rings. The van der Waals surface area contributed by atoms with Crippen LogP contribution in [0.5, 0.6) is 11.5 Å². The minimum absolute atomic E-state index is 0.543. The van der Waals surface area contributed by atoms with Crippen molar-refractivity contribution in [2.45, 2.75) is 24.2 Å². The zero-order chi connectivity index (χ0) is 16.4. The highest BCUT2D eigenvalue weighted by Gasteiger charge is 2.37. The summed E-state index contributed by atoms with van der Waals surface area (Å²) >= 11 is 0. The van der Waals surface area contributed by atoms with Crippen molar-refractivity contribution >= 4 is 10.0 Å². The third-order valence-corrected chi connectivity index (χ3v) is 4.75. The molecule has 1 aromatic carbocycles. The van der Waals surface area contributed by atoms with Crippen LogP contribution in [0.25, 0.3) is 0 Å². The van der Waals surface area contributed by atoms with Crippen molar-refractivity contribution < 1.29 is 36.5 Å². The van der Waals surface area contributed by atoms with E-state index in [-0.39, 0.29) is 0 Å². The van der Waals surface area contributed by atoms with E-state index in [9.17, 15) is 26.7 Å². The van der Waals surface area contributed by atoms with Gasteiger partial charge in [-0.05, 0) is 19.1 Å². The first-order valence-electron chi connectivity index (χ1n) is 5.67. The summed E-state index contributed by atoms with van der Waals surface area (Å²) in [5, 5.41) is 18.6. The van der Waals surface area contributed by atoms with Crippen LogP contribution in [-0.2, 0) is 10.0 Å². The number of sulfonamides is 1. The van der Waals surface area contributed by atoms with E-state index in [2.05, 4.69) is 4.74 Å². The van der Waals surface area contributed by atoms with Crippen molar-refractivity contribution in [1.82, 2.24) is 4.31 Å². The fraction of sp³-hybridized carbons (Fsp3) is 0.455. The number of alkyl halides is 3. The molecule has 1 aromatic rings. The molecule has 0 spiro atoms. The maximum absolute atomic E-state index is 12.3. The Morgan fingerprint density at radius 1 is 1.38 bits per heavy atom. The summed E-state index contributed by atoms with van der Waals surface area (Å²) in [5.41, 5.74) is 0. The second-order valence-corrected chi connectivity index (χ2v) is 6.14. The molecule has 0 bridgehead atoms. The van der Waals surface area contributed by atoms with Gasteiger partial charge in [0, 0.05) is 13.1 Å². The fourth-order valence-corrected chi connectivity index (χ4v) is 2.99. The zero-order valence-corrected chi connectivity index (χ0v) is 11.9. The van der Waals surface area contributed by atoms with Gasteiger partial charge < -0.3 is 14.9 Å². The second-order valence-electron chi connectivity index (χ2n) is 4.21. The van der Waals surface area contributed by atoms with Gasteiger partial charge in [0.2, 0.25) is 0 Å². The molecule has 0 aromatic heterocycles. The molecule has 0 radical (unpaired) electrons. The van der Waals surface area contributed by atoms with Gasteiger partial charge in [-0.2, -0.15) is 4.31 Å². The molecule has 0 aliphatic rings. The van der Waals surface area contributed by atoms with Crippen LogP contribution in [0.1, 0.15) is 6.92 Å². The number of likely N-dealkylation sites (N-methyl/N-ethyl adjacent to an activating group) is 1. The lowest BCUT2D eigenvalue weighted by molar-refractivity contribution is -0.275. The fourth-order valence-electron chi connectivity index (χ4n) is 1.46. The van der Waals surface area contributed by atoms with Gasteiger partial charge in [-0.1, -0.05) is 6.07 Å². The Kier molecular flexibility index (Phi) is 5.07. The van der Waals surface area contributed by atoms with Gasteiger partial charge in [0.15, 0.2) is 10.6 Å². The molecule has 10 heteroatoms. The molecule has 0 amide bonds. The predicted octanol–water partition coefficient (Wildman–Crippen LogP) is 1.29. The Labute approximate surface area is 119 Å². The largest absolute Gasteiger partial charge is 0.573 e. The molecule has 2 N–H and O–H groups in total. The second kappa shape index (κ2) is 6.08. The van der Waals surface area contributed by atoms with E-state index in [1.54, 1.807) is 0 Å². The number of rotatable bonds is 5. The molecule has 120 valence electrons. The molecule has 0 aliphatic carbocycles. The third kappa shape index (κ3) is 3.99. The number of benzene rings is 1. The number of phenolic OH excluding ortho intramolecular Hbond substituents is 1. The van der Waals surface area contributed by atoms with E-state index in [0.717, 1.165) is 25.2 Å². The van der Waals surface area contributed by atoms with Crippen molar-refractivity contribution in [3.05, 3.63) is 18.2 Å².